The highest BCUT2D eigenvalue weighted by atomic mass is 79.9. The van der Waals surface area contributed by atoms with Crippen LogP contribution in [0.4, 0.5) is 4.39 Å². The molecule has 7 heteroatoms. The lowest BCUT2D eigenvalue weighted by Gasteiger charge is -2.10. The van der Waals surface area contributed by atoms with E-state index < -0.39 is 5.82 Å². The molecule has 2 aromatic carbocycles. The van der Waals surface area contributed by atoms with Crippen LogP contribution >= 0.6 is 55.7 Å². The molecule has 1 aromatic heterocycles. The van der Waals surface area contributed by atoms with E-state index >= 15 is 0 Å². The lowest BCUT2D eigenvalue weighted by atomic mass is 10.2. The van der Waals surface area contributed by atoms with Gasteiger partial charge in [-0.25, -0.2) is 4.39 Å². The lowest BCUT2D eigenvalue weighted by molar-refractivity contribution is 0.626. The van der Waals surface area contributed by atoms with E-state index in [1.165, 1.54) is 12.1 Å². The number of nitrogens with one attached hydrogen (secondary N) is 1. The van der Waals surface area contributed by atoms with Gasteiger partial charge in [0.2, 0.25) is 0 Å². The first kappa shape index (κ1) is 14.3. The molecular weight excluding hydrogens is 430 g/mol. The summed E-state index contributed by atoms with van der Waals surface area (Å²) in [5.41, 5.74) is 2.36. The molecule has 102 valence electrons. The minimum Gasteiger partial charge on any atom is -0.330 e. The van der Waals surface area contributed by atoms with Gasteiger partial charge in [-0.2, -0.15) is 0 Å². The molecule has 0 radical (unpaired) electrons. The van der Waals surface area contributed by atoms with Gasteiger partial charge in [-0.05, 0) is 58.5 Å². The number of rotatable bonds is 1. The van der Waals surface area contributed by atoms with Crippen molar-refractivity contribution < 1.29 is 4.39 Å². The molecule has 3 aromatic rings. The van der Waals surface area contributed by atoms with Gasteiger partial charge >= 0.3 is 0 Å². The average Bonchev–Trinajstić information content (AvgIpc) is 2.64. The van der Waals surface area contributed by atoms with Gasteiger partial charge in [-0.1, -0.05) is 27.5 Å². The molecule has 0 bridgehead atoms. The Bertz CT molecular complexity index is 865. The van der Waals surface area contributed by atoms with Gasteiger partial charge in [0.1, 0.15) is 5.82 Å². The van der Waals surface area contributed by atoms with Crippen LogP contribution in [0.25, 0.3) is 16.7 Å². The molecule has 0 unspecified atom stereocenters. The zero-order chi connectivity index (χ0) is 14.4. The Hall–Kier alpha value is -0.690. The number of hydrogen-bond acceptors (Lipinski definition) is 1. The standard InChI is InChI=1S/C13H6Br2ClFN2S/c14-6-1-2-11-10(3-6)18-13(20)19(11)12-8(15)4-7(17)5-9(12)16/h1-5H,(H,18,20). The van der Waals surface area contributed by atoms with E-state index in [1.807, 2.05) is 18.2 Å². The normalized spacial score (nSPS) is 11.2. The molecule has 0 aliphatic carbocycles. The number of benzene rings is 2. The summed E-state index contributed by atoms with van der Waals surface area (Å²) in [5, 5.41) is 0.289. The SMILES string of the molecule is Fc1cc(Cl)c(-n2c(=S)[nH]c3cc(Br)ccc32)c(Br)c1. The Morgan fingerprint density at radius 1 is 1.20 bits per heavy atom. The van der Waals surface area contributed by atoms with Crippen molar-refractivity contribution in [3.63, 3.8) is 0 Å². The molecule has 0 amide bonds. The van der Waals surface area contributed by atoms with Gasteiger partial charge < -0.3 is 4.98 Å². The second kappa shape index (κ2) is 5.26. The number of fused-ring (bicyclic) bond motifs is 1. The summed E-state index contributed by atoms with van der Waals surface area (Å²) in [7, 11) is 0. The molecular formula is C13H6Br2ClFN2S. The van der Waals surface area contributed by atoms with E-state index in [0.717, 1.165) is 15.5 Å². The molecule has 0 aliphatic heterocycles. The number of halogens is 4. The van der Waals surface area contributed by atoms with Crippen LogP contribution in [0.15, 0.2) is 39.3 Å². The van der Waals surface area contributed by atoms with Crippen LogP contribution in [0.3, 0.4) is 0 Å². The maximum Gasteiger partial charge on any atom is 0.182 e. The fourth-order valence-corrected chi connectivity index (χ4v) is 3.73. The zero-order valence-corrected chi connectivity index (χ0v) is 14.5. The highest BCUT2D eigenvalue weighted by Crippen LogP contribution is 2.33. The van der Waals surface area contributed by atoms with Crippen LogP contribution in [-0.2, 0) is 0 Å². The van der Waals surface area contributed by atoms with Crippen LogP contribution in [0, 0.1) is 10.6 Å². The van der Waals surface area contributed by atoms with Crippen LogP contribution in [0.5, 0.6) is 0 Å². The minimum atomic E-state index is -0.403. The average molecular weight is 437 g/mol. The molecule has 0 spiro atoms. The minimum absolute atomic E-state index is 0.289. The zero-order valence-electron chi connectivity index (χ0n) is 9.75. The topological polar surface area (TPSA) is 20.7 Å². The van der Waals surface area contributed by atoms with Crippen molar-refractivity contribution in [3.8, 4) is 5.69 Å². The summed E-state index contributed by atoms with van der Waals surface area (Å²) in [6.07, 6.45) is 0. The highest BCUT2D eigenvalue weighted by molar-refractivity contribution is 9.10. The number of H-pyrrole nitrogens is 1. The van der Waals surface area contributed by atoms with Crippen molar-refractivity contribution in [1.82, 2.24) is 9.55 Å². The molecule has 1 N–H and O–H groups in total. The van der Waals surface area contributed by atoms with Crippen molar-refractivity contribution in [2.24, 2.45) is 0 Å². The third-order valence-corrected chi connectivity index (χ3v) is 4.52. The lowest BCUT2D eigenvalue weighted by Crippen LogP contribution is -1.97. The Kier molecular flexibility index (Phi) is 3.75. The summed E-state index contributed by atoms with van der Waals surface area (Å²) < 4.78 is 17.1. The predicted molar refractivity (Wildman–Crippen MR) is 88.8 cm³/mol. The molecule has 2 nitrogen and oxygen atoms in total. The molecule has 20 heavy (non-hydrogen) atoms. The van der Waals surface area contributed by atoms with E-state index in [0.29, 0.717) is 14.9 Å². The second-order valence-corrected chi connectivity index (χ2v) is 6.71. The van der Waals surface area contributed by atoms with Crippen LogP contribution < -0.4 is 0 Å². The maximum absolute atomic E-state index is 13.4. The fourth-order valence-electron chi connectivity index (χ4n) is 2.05. The number of aromatic amines is 1. The van der Waals surface area contributed by atoms with E-state index in [9.17, 15) is 4.39 Å². The molecule has 3 rings (SSSR count). The molecule has 0 saturated heterocycles. The van der Waals surface area contributed by atoms with Crippen molar-refractivity contribution in [3.05, 3.63) is 54.9 Å². The third kappa shape index (κ3) is 2.35. The van der Waals surface area contributed by atoms with Gasteiger partial charge in [0.15, 0.2) is 4.77 Å². The molecule has 1 heterocycles. The number of nitrogens with zero attached hydrogens (tertiary/aromatic N) is 1. The Morgan fingerprint density at radius 2 is 1.95 bits per heavy atom. The quantitative estimate of drug-likeness (QED) is 0.464. The number of imidazole rings is 1. The van der Waals surface area contributed by atoms with Crippen LogP contribution in [-0.4, -0.2) is 9.55 Å². The molecule has 0 fully saturated rings. The van der Waals surface area contributed by atoms with Crippen molar-refractivity contribution in [1.29, 1.82) is 0 Å². The maximum atomic E-state index is 13.4. The van der Waals surface area contributed by atoms with Gasteiger partial charge in [0.05, 0.1) is 21.7 Å². The smallest absolute Gasteiger partial charge is 0.182 e. The van der Waals surface area contributed by atoms with E-state index in [2.05, 4.69) is 36.8 Å². The monoisotopic (exact) mass is 434 g/mol. The first-order valence-electron chi connectivity index (χ1n) is 5.52. The summed E-state index contributed by atoms with van der Waals surface area (Å²) in [4.78, 5) is 3.11. The second-order valence-electron chi connectivity index (χ2n) is 4.15. The first-order valence-corrected chi connectivity index (χ1v) is 7.90. The Labute approximate surface area is 140 Å². The van der Waals surface area contributed by atoms with E-state index in [4.69, 9.17) is 23.8 Å². The van der Waals surface area contributed by atoms with E-state index in [1.54, 1.807) is 4.57 Å². The highest BCUT2D eigenvalue weighted by Gasteiger charge is 2.14. The molecule has 0 atom stereocenters. The van der Waals surface area contributed by atoms with Crippen LogP contribution in [0.2, 0.25) is 5.02 Å². The van der Waals surface area contributed by atoms with Gasteiger partial charge in [-0.3, -0.25) is 4.57 Å². The van der Waals surface area contributed by atoms with Crippen molar-refractivity contribution >= 4 is 66.7 Å². The number of aromatic nitrogens is 2. The summed E-state index contributed by atoms with van der Waals surface area (Å²) in [6.45, 7) is 0. The third-order valence-electron chi connectivity index (χ3n) is 2.85. The Balaban J connectivity index is 2.41. The summed E-state index contributed by atoms with van der Waals surface area (Å²) in [5.74, 6) is -0.403. The number of hydrogen-bond donors (Lipinski definition) is 1. The molecule has 0 aliphatic rings. The van der Waals surface area contributed by atoms with E-state index in [-0.39, 0.29) is 5.02 Å². The van der Waals surface area contributed by atoms with Gasteiger partial charge in [0.25, 0.3) is 0 Å². The fraction of sp³-hybridized carbons (Fsp3) is 0. The molecule has 0 saturated carbocycles. The first-order chi connectivity index (χ1) is 9.47. The van der Waals surface area contributed by atoms with Crippen molar-refractivity contribution in [2.45, 2.75) is 0 Å². The van der Waals surface area contributed by atoms with Crippen molar-refractivity contribution in [2.75, 3.05) is 0 Å². The predicted octanol–water partition coefficient (Wildman–Crippen LogP) is 6.01. The van der Waals surface area contributed by atoms with Crippen LogP contribution in [0.1, 0.15) is 0 Å². The van der Waals surface area contributed by atoms with Gasteiger partial charge in [-0.15, -0.1) is 0 Å². The summed E-state index contributed by atoms with van der Waals surface area (Å²) >= 11 is 18.3. The Morgan fingerprint density at radius 3 is 2.65 bits per heavy atom. The van der Waals surface area contributed by atoms with Gasteiger partial charge in [0, 0.05) is 8.95 Å². The summed E-state index contributed by atoms with van der Waals surface area (Å²) in [6, 6.07) is 8.37. The largest absolute Gasteiger partial charge is 0.330 e.